The molecule has 0 saturated heterocycles. The molecular formula is C6H15N2O2. The third kappa shape index (κ3) is 7.84. The number of hydrogen-bond donors (Lipinski definition) is 4. The van der Waals surface area contributed by atoms with Gasteiger partial charge in [0.1, 0.15) is 0 Å². The summed E-state index contributed by atoms with van der Waals surface area (Å²) in [7, 11) is 0. The lowest BCUT2D eigenvalue weighted by Gasteiger charge is -2.01. The Morgan fingerprint density at radius 1 is 1.10 bits per heavy atom. The zero-order valence-corrected chi connectivity index (χ0v) is 6.01. The van der Waals surface area contributed by atoms with Gasteiger partial charge >= 0.3 is 0 Å². The molecule has 4 heteroatoms. The van der Waals surface area contributed by atoms with Crippen LogP contribution in [-0.2, 0) is 0 Å². The Bertz CT molecular complexity index is 53.7. The van der Waals surface area contributed by atoms with Crippen LogP contribution in [0.25, 0.3) is 0 Å². The van der Waals surface area contributed by atoms with Crippen molar-refractivity contribution in [3.63, 3.8) is 0 Å². The maximum Gasteiger partial charge on any atom is 0.0556 e. The molecule has 0 rings (SSSR count). The quantitative estimate of drug-likeness (QED) is 0.325. The number of rotatable bonds is 7. The first-order chi connectivity index (χ1) is 4.91. The van der Waals surface area contributed by atoms with E-state index in [-0.39, 0.29) is 13.2 Å². The van der Waals surface area contributed by atoms with Crippen molar-refractivity contribution in [1.82, 2.24) is 10.6 Å². The molecule has 0 aliphatic rings. The second-order valence-electron chi connectivity index (χ2n) is 1.81. The third-order valence-electron chi connectivity index (χ3n) is 0.935. The molecule has 0 bridgehead atoms. The summed E-state index contributed by atoms with van der Waals surface area (Å²) in [6.07, 6.45) is 0. The zero-order valence-electron chi connectivity index (χ0n) is 6.01. The standard InChI is InChI=1S/C6H15N2O2/c9-5-3-7-1-2-8-4-6-10/h1,7-10H,2-6H2. The largest absolute Gasteiger partial charge is 0.395 e. The zero-order chi connectivity index (χ0) is 7.66. The fraction of sp³-hybridized carbons (Fsp3) is 0.833. The monoisotopic (exact) mass is 147 g/mol. The second kappa shape index (κ2) is 8.84. The predicted molar refractivity (Wildman–Crippen MR) is 39.3 cm³/mol. The first kappa shape index (κ1) is 9.84. The molecule has 1 radical (unpaired) electrons. The lowest BCUT2D eigenvalue weighted by molar-refractivity contribution is 0.289. The van der Waals surface area contributed by atoms with Crippen molar-refractivity contribution >= 4 is 0 Å². The van der Waals surface area contributed by atoms with Gasteiger partial charge in [0.15, 0.2) is 0 Å². The molecule has 0 unspecified atom stereocenters. The van der Waals surface area contributed by atoms with Gasteiger partial charge in [-0.3, -0.25) is 0 Å². The van der Waals surface area contributed by atoms with Crippen molar-refractivity contribution in [3.8, 4) is 0 Å². The molecule has 0 aliphatic heterocycles. The highest BCUT2D eigenvalue weighted by Crippen LogP contribution is 1.65. The van der Waals surface area contributed by atoms with Crippen LogP contribution in [0.4, 0.5) is 0 Å². The van der Waals surface area contributed by atoms with Crippen LogP contribution >= 0.6 is 0 Å². The molecule has 0 amide bonds. The van der Waals surface area contributed by atoms with Gasteiger partial charge in [-0.25, -0.2) is 0 Å². The number of hydrogen-bond acceptors (Lipinski definition) is 4. The molecule has 0 aromatic carbocycles. The van der Waals surface area contributed by atoms with E-state index in [2.05, 4.69) is 10.6 Å². The Morgan fingerprint density at radius 3 is 2.40 bits per heavy atom. The van der Waals surface area contributed by atoms with E-state index in [0.29, 0.717) is 19.6 Å². The van der Waals surface area contributed by atoms with E-state index >= 15 is 0 Å². The van der Waals surface area contributed by atoms with Gasteiger partial charge in [0.2, 0.25) is 0 Å². The van der Waals surface area contributed by atoms with Crippen molar-refractivity contribution < 1.29 is 10.2 Å². The van der Waals surface area contributed by atoms with Crippen LogP contribution in [0.2, 0.25) is 0 Å². The van der Waals surface area contributed by atoms with Gasteiger partial charge in [-0.1, -0.05) is 0 Å². The molecule has 4 nitrogen and oxygen atoms in total. The van der Waals surface area contributed by atoms with E-state index in [1.54, 1.807) is 0 Å². The number of aliphatic hydroxyl groups is 2. The first-order valence-electron chi connectivity index (χ1n) is 3.39. The normalized spacial score (nSPS) is 10.2. The molecule has 0 aromatic heterocycles. The van der Waals surface area contributed by atoms with Gasteiger partial charge in [0.05, 0.1) is 13.2 Å². The maximum absolute atomic E-state index is 8.33. The van der Waals surface area contributed by atoms with Crippen molar-refractivity contribution in [2.45, 2.75) is 0 Å². The van der Waals surface area contributed by atoms with E-state index < -0.39 is 0 Å². The highest BCUT2D eigenvalue weighted by Gasteiger charge is 1.85. The van der Waals surface area contributed by atoms with Gasteiger partial charge in [0.25, 0.3) is 0 Å². The van der Waals surface area contributed by atoms with Crippen LogP contribution in [0.15, 0.2) is 0 Å². The summed E-state index contributed by atoms with van der Waals surface area (Å²) < 4.78 is 0. The summed E-state index contributed by atoms with van der Waals surface area (Å²) in [4.78, 5) is 0. The predicted octanol–water partition coefficient (Wildman–Crippen LogP) is -1.69. The average Bonchev–Trinajstić information content (AvgIpc) is 1.97. The number of aliphatic hydroxyl groups excluding tert-OH is 2. The summed E-state index contributed by atoms with van der Waals surface area (Å²) in [6, 6.07) is 0. The van der Waals surface area contributed by atoms with Crippen molar-refractivity contribution in [1.29, 1.82) is 0 Å². The Labute approximate surface area is 61.3 Å². The van der Waals surface area contributed by atoms with Gasteiger partial charge in [-0.05, 0) is 0 Å². The molecule has 0 aliphatic carbocycles. The smallest absolute Gasteiger partial charge is 0.0556 e. The Kier molecular flexibility index (Phi) is 8.70. The maximum atomic E-state index is 8.33. The highest BCUT2D eigenvalue weighted by molar-refractivity contribution is 4.63. The van der Waals surface area contributed by atoms with Crippen molar-refractivity contribution in [2.24, 2.45) is 0 Å². The number of nitrogens with one attached hydrogen (secondary N) is 2. The fourth-order valence-electron chi connectivity index (χ4n) is 0.492. The van der Waals surface area contributed by atoms with Crippen molar-refractivity contribution in [2.75, 3.05) is 32.8 Å². The van der Waals surface area contributed by atoms with Crippen LogP contribution in [0.1, 0.15) is 0 Å². The van der Waals surface area contributed by atoms with Gasteiger partial charge in [0, 0.05) is 26.2 Å². The molecule has 0 fully saturated rings. The molecular weight excluding hydrogens is 132 g/mol. The van der Waals surface area contributed by atoms with E-state index in [0.717, 1.165) is 0 Å². The molecule has 61 valence electrons. The van der Waals surface area contributed by atoms with Gasteiger partial charge in [-0.2, -0.15) is 0 Å². The average molecular weight is 147 g/mol. The Balaban J connectivity index is 2.65. The van der Waals surface area contributed by atoms with E-state index in [1.165, 1.54) is 0 Å². The SMILES string of the molecule is OCCN[CH]CNCCO. The van der Waals surface area contributed by atoms with Crippen LogP contribution in [0.5, 0.6) is 0 Å². The molecule has 0 heterocycles. The minimum atomic E-state index is 0.149. The van der Waals surface area contributed by atoms with Gasteiger partial charge in [-0.15, -0.1) is 0 Å². The summed E-state index contributed by atoms with van der Waals surface area (Å²) in [5.74, 6) is 0. The Morgan fingerprint density at radius 2 is 1.80 bits per heavy atom. The topological polar surface area (TPSA) is 64.5 Å². The summed E-state index contributed by atoms with van der Waals surface area (Å²) in [5, 5.41) is 22.5. The molecule has 10 heavy (non-hydrogen) atoms. The fourth-order valence-corrected chi connectivity index (χ4v) is 0.492. The molecule has 0 aromatic rings. The lowest BCUT2D eigenvalue weighted by Crippen LogP contribution is -2.26. The lowest BCUT2D eigenvalue weighted by atomic mass is 10.5. The summed E-state index contributed by atoms with van der Waals surface area (Å²) in [5.41, 5.74) is 0. The Hall–Kier alpha value is -0.160. The molecule has 0 saturated carbocycles. The third-order valence-corrected chi connectivity index (χ3v) is 0.935. The van der Waals surface area contributed by atoms with Crippen LogP contribution < -0.4 is 10.6 Å². The van der Waals surface area contributed by atoms with E-state index in [4.69, 9.17) is 10.2 Å². The first-order valence-corrected chi connectivity index (χ1v) is 3.39. The van der Waals surface area contributed by atoms with Gasteiger partial charge < -0.3 is 20.8 Å². The summed E-state index contributed by atoms with van der Waals surface area (Å²) in [6.45, 7) is 4.02. The molecule has 4 N–H and O–H groups in total. The summed E-state index contributed by atoms with van der Waals surface area (Å²) >= 11 is 0. The van der Waals surface area contributed by atoms with E-state index in [9.17, 15) is 0 Å². The molecule has 0 spiro atoms. The van der Waals surface area contributed by atoms with Crippen molar-refractivity contribution in [3.05, 3.63) is 6.54 Å². The van der Waals surface area contributed by atoms with Crippen LogP contribution in [-0.4, -0.2) is 43.1 Å². The minimum Gasteiger partial charge on any atom is -0.395 e. The van der Waals surface area contributed by atoms with E-state index in [1.807, 2.05) is 6.54 Å². The molecule has 0 atom stereocenters. The second-order valence-corrected chi connectivity index (χ2v) is 1.81. The van der Waals surface area contributed by atoms with Crippen LogP contribution in [0, 0.1) is 6.54 Å². The van der Waals surface area contributed by atoms with Crippen LogP contribution in [0.3, 0.4) is 0 Å². The highest BCUT2D eigenvalue weighted by atomic mass is 16.3. The minimum absolute atomic E-state index is 0.149.